The Bertz CT molecular complexity index is 1070. The Labute approximate surface area is 168 Å². The van der Waals surface area contributed by atoms with Gasteiger partial charge in [0.05, 0.1) is 17.1 Å². The Hall–Kier alpha value is -2.64. The van der Waals surface area contributed by atoms with E-state index in [-0.39, 0.29) is 16.7 Å². The van der Waals surface area contributed by atoms with Crippen LogP contribution in [0.2, 0.25) is 0 Å². The zero-order chi connectivity index (χ0) is 21.7. The molecule has 1 aliphatic rings. The number of aromatic hydroxyl groups is 1. The molecule has 0 saturated carbocycles. The minimum atomic E-state index is -2.20. The minimum absolute atomic E-state index is 0.158. The second-order valence-corrected chi connectivity index (χ2v) is 8.20. The molecule has 0 radical (unpaired) electrons. The molecule has 1 aromatic heterocycles. The van der Waals surface area contributed by atoms with E-state index in [4.69, 9.17) is 9.15 Å². The Morgan fingerprint density at radius 1 is 1.34 bits per heavy atom. The number of rotatable bonds is 5. The average Bonchev–Trinajstić information content (AvgIpc) is 2.60. The van der Waals surface area contributed by atoms with Crippen molar-refractivity contribution < 1.29 is 29.3 Å². The van der Waals surface area contributed by atoms with Gasteiger partial charge in [-0.2, -0.15) is 0 Å². The van der Waals surface area contributed by atoms with Gasteiger partial charge in [0.1, 0.15) is 22.7 Å². The third-order valence-electron chi connectivity index (χ3n) is 5.27. The van der Waals surface area contributed by atoms with Gasteiger partial charge in [0.25, 0.3) is 0 Å². The first-order valence-electron chi connectivity index (χ1n) is 9.59. The van der Waals surface area contributed by atoms with Crippen LogP contribution in [0.15, 0.2) is 21.4 Å². The van der Waals surface area contributed by atoms with Crippen molar-refractivity contribution in [2.24, 2.45) is 0 Å². The molecule has 3 rings (SSSR count). The van der Waals surface area contributed by atoms with E-state index < -0.39 is 34.5 Å². The zero-order valence-corrected chi connectivity index (χ0v) is 17.2. The topological polar surface area (TPSA) is 117 Å². The number of aryl methyl sites for hydroxylation is 1. The molecule has 7 nitrogen and oxygen atoms in total. The number of ether oxygens (including phenoxy) is 1. The number of Topliss-reactive ketones (excluding diaryl/α,β-unsaturated/α-hetero) is 1. The molecular weight excluding hydrogens is 376 g/mol. The summed E-state index contributed by atoms with van der Waals surface area (Å²) in [7, 11) is 0. The standard InChI is InChI=1S/C22H26O7/c1-6-7-12-10-14(24)28-19-15(12)18-13(8-9-21(3,4)29-18)17(25)16(19)20(26)22(5,27)11(2)23/h8-11,23,25,27H,6-7H2,1-5H3. The average molecular weight is 402 g/mol. The fourth-order valence-electron chi connectivity index (χ4n) is 3.41. The summed E-state index contributed by atoms with van der Waals surface area (Å²) in [6, 6.07) is 1.35. The van der Waals surface area contributed by atoms with Crippen LogP contribution in [0.1, 0.15) is 62.5 Å². The first-order valence-corrected chi connectivity index (χ1v) is 9.59. The van der Waals surface area contributed by atoms with Crippen molar-refractivity contribution in [1.29, 1.82) is 0 Å². The van der Waals surface area contributed by atoms with Crippen LogP contribution in [-0.4, -0.2) is 38.4 Å². The van der Waals surface area contributed by atoms with E-state index in [1.165, 1.54) is 13.0 Å². The summed E-state index contributed by atoms with van der Waals surface area (Å²) >= 11 is 0. The highest BCUT2D eigenvalue weighted by atomic mass is 16.5. The van der Waals surface area contributed by atoms with Crippen LogP contribution in [0, 0.1) is 0 Å². The highest BCUT2D eigenvalue weighted by Gasteiger charge is 2.41. The molecule has 7 heteroatoms. The fourth-order valence-corrected chi connectivity index (χ4v) is 3.41. The van der Waals surface area contributed by atoms with Crippen LogP contribution in [0.4, 0.5) is 0 Å². The van der Waals surface area contributed by atoms with E-state index in [9.17, 15) is 24.9 Å². The molecule has 1 aliphatic heterocycles. The smallest absolute Gasteiger partial charge is 0.336 e. The molecule has 2 unspecified atom stereocenters. The number of carbonyl (C=O) groups is 1. The molecule has 0 amide bonds. The van der Waals surface area contributed by atoms with Crippen molar-refractivity contribution in [2.45, 2.75) is 64.8 Å². The van der Waals surface area contributed by atoms with Crippen LogP contribution in [0.3, 0.4) is 0 Å². The molecule has 3 N–H and O–H groups in total. The molecule has 156 valence electrons. The number of ketones is 1. The van der Waals surface area contributed by atoms with Gasteiger partial charge in [0, 0.05) is 6.07 Å². The summed E-state index contributed by atoms with van der Waals surface area (Å²) < 4.78 is 11.4. The number of phenolic OH excluding ortho intramolecular Hbond substituents is 1. The lowest BCUT2D eigenvalue weighted by atomic mass is 9.86. The maximum absolute atomic E-state index is 13.1. The summed E-state index contributed by atoms with van der Waals surface area (Å²) in [5.74, 6) is -1.11. The van der Waals surface area contributed by atoms with Crippen molar-refractivity contribution in [3.63, 3.8) is 0 Å². The number of hydrogen-bond acceptors (Lipinski definition) is 7. The van der Waals surface area contributed by atoms with E-state index in [1.807, 2.05) is 20.8 Å². The van der Waals surface area contributed by atoms with Crippen LogP contribution in [0.5, 0.6) is 11.5 Å². The minimum Gasteiger partial charge on any atom is -0.506 e. The molecule has 1 aromatic carbocycles. The van der Waals surface area contributed by atoms with E-state index in [1.54, 1.807) is 12.2 Å². The molecule has 0 spiro atoms. The summed E-state index contributed by atoms with van der Waals surface area (Å²) in [6.45, 7) is 8.03. The summed E-state index contributed by atoms with van der Waals surface area (Å²) in [5.41, 5.74) is -3.20. The van der Waals surface area contributed by atoms with Gasteiger partial charge < -0.3 is 24.5 Å². The highest BCUT2D eigenvalue weighted by molar-refractivity contribution is 6.15. The van der Waals surface area contributed by atoms with Gasteiger partial charge in [-0.1, -0.05) is 13.3 Å². The van der Waals surface area contributed by atoms with Crippen LogP contribution in [0.25, 0.3) is 17.0 Å². The number of aliphatic hydroxyl groups excluding tert-OH is 1. The molecule has 2 aromatic rings. The Morgan fingerprint density at radius 3 is 2.59 bits per heavy atom. The predicted molar refractivity (Wildman–Crippen MR) is 109 cm³/mol. The largest absolute Gasteiger partial charge is 0.506 e. The van der Waals surface area contributed by atoms with Gasteiger partial charge >= 0.3 is 5.63 Å². The number of aliphatic hydroxyl groups is 2. The van der Waals surface area contributed by atoms with Gasteiger partial charge in [0.2, 0.25) is 5.78 Å². The molecule has 0 aliphatic carbocycles. The van der Waals surface area contributed by atoms with E-state index in [0.29, 0.717) is 23.1 Å². The van der Waals surface area contributed by atoms with E-state index >= 15 is 0 Å². The van der Waals surface area contributed by atoms with E-state index in [0.717, 1.165) is 13.3 Å². The lowest BCUT2D eigenvalue weighted by molar-refractivity contribution is -0.0310. The van der Waals surface area contributed by atoms with Gasteiger partial charge in [-0.15, -0.1) is 0 Å². The zero-order valence-electron chi connectivity index (χ0n) is 17.2. The Kier molecular flexibility index (Phi) is 5.09. The van der Waals surface area contributed by atoms with Crippen molar-refractivity contribution in [3.8, 4) is 11.5 Å². The Balaban J connectivity index is 2.50. The van der Waals surface area contributed by atoms with Crippen LogP contribution in [-0.2, 0) is 6.42 Å². The third-order valence-corrected chi connectivity index (χ3v) is 5.27. The van der Waals surface area contributed by atoms with Crippen LogP contribution >= 0.6 is 0 Å². The molecule has 29 heavy (non-hydrogen) atoms. The quantitative estimate of drug-likeness (QED) is 0.520. The van der Waals surface area contributed by atoms with Crippen molar-refractivity contribution in [2.75, 3.05) is 0 Å². The fraction of sp³-hybridized carbons (Fsp3) is 0.455. The van der Waals surface area contributed by atoms with Crippen LogP contribution < -0.4 is 10.4 Å². The number of fused-ring (bicyclic) bond motifs is 3. The number of carbonyl (C=O) groups excluding carboxylic acids is 1. The number of phenols is 1. The van der Waals surface area contributed by atoms with Gasteiger partial charge in [-0.05, 0) is 51.8 Å². The molecular formula is C22H26O7. The van der Waals surface area contributed by atoms with Gasteiger partial charge in [-0.25, -0.2) is 4.79 Å². The lowest BCUT2D eigenvalue weighted by Gasteiger charge is -2.31. The molecule has 2 atom stereocenters. The first kappa shape index (κ1) is 21.1. The molecule has 0 fully saturated rings. The summed E-state index contributed by atoms with van der Waals surface area (Å²) in [4.78, 5) is 25.4. The second kappa shape index (κ2) is 7.00. The number of hydrogen-bond donors (Lipinski definition) is 3. The third kappa shape index (κ3) is 3.45. The monoisotopic (exact) mass is 402 g/mol. The SMILES string of the molecule is CCCc1cc(=O)oc2c(C(=O)C(C)(O)C(C)O)c(O)c3c(c12)OC(C)(C)C=C3. The predicted octanol–water partition coefficient (Wildman–Crippen LogP) is 2.95. The molecule has 0 bridgehead atoms. The lowest BCUT2D eigenvalue weighted by Crippen LogP contribution is -2.45. The molecule has 2 heterocycles. The Morgan fingerprint density at radius 2 is 2.00 bits per heavy atom. The second-order valence-electron chi connectivity index (χ2n) is 8.20. The highest BCUT2D eigenvalue weighted by Crippen LogP contribution is 2.47. The maximum atomic E-state index is 13.1. The first-order chi connectivity index (χ1) is 13.4. The van der Waals surface area contributed by atoms with E-state index in [2.05, 4.69) is 0 Å². The van der Waals surface area contributed by atoms with Gasteiger partial charge in [-0.3, -0.25) is 4.79 Å². The van der Waals surface area contributed by atoms with Crippen molar-refractivity contribution in [1.82, 2.24) is 0 Å². The number of benzene rings is 1. The normalized spacial score (nSPS) is 18.0. The maximum Gasteiger partial charge on any atom is 0.336 e. The summed E-state index contributed by atoms with van der Waals surface area (Å²) in [6.07, 6.45) is 3.20. The van der Waals surface area contributed by atoms with Crippen molar-refractivity contribution >= 4 is 22.8 Å². The van der Waals surface area contributed by atoms with Gasteiger partial charge in [0.15, 0.2) is 11.2 Å². The van der Waals surface area contributed by atoms with Crippen molar-refractivity contribution in [3.05, 3.63) is 39.3 Å². The summed E-state index contributed by atoms with van der Waals surface area (Å²) in [5, 5.41) is 31.8. The molecule has 0 saturated heterocycles.